The second-order valence-electron chi connectivity index (χ2n) is 6.31. The minimum atomic E-state index is -0.804. The first kappa shape index (κ1) is 20.5. The van der Waals surface area contributed by atoms with Gasteiger partial charge in [-0.2, -0.15) is 0 Å². The van der Waals surface area contributed by atoms with E-state index < -0.39 is 11.8 Å². The van der Waals surface area contributed by atoms with Crippen molar-refractivity contribution >= 4 is 29.1 Å². The molecule has 1 heterocycles. The van der Waals surface area contributed by atoms with Crippen LogP contribution >= 0.6 is 0 Å². The molecule has 30 heavy (non-hydrogen) atoms. The van der Waals surface area contributed by atoms with Gasteiger partial charge in [-0.1, -0.05) is 24.3 Å². The number of benzene rings is 2. The second kappa shape index (κ2) is 9.33. The zero-order valence-electron chi connectivity index (χ0n) is 16.4. The number of anilines is 2. The van der Waals surface area contributed by atoms with Gasteiger partial charge in [0.05, 0.1) is 0 Å². The monoisotopic (exact) mass is 404 g/mol. The average Bonchev–Trinajstić information content (AvgIpc) is 2.75. The van der Waals surface area contributed by atoms with Crippen molar-refractivity contribution < 1.29 is 19.1 Å². The van der Waals surface area contributed by atoms with Gasteiger partial charge in [0.2, 0.25) is 0 Å². The van der Waals surface area contributed by atoms with E-state index >= 15 is 0 Å². The summed E-state index contributed by atoms with van der Waals surface area (Å²) in [6.07, 6.45) is 1.46. The Balaban J connectivity index is 1.67. The molecule has 0 unspecified atom stereocenters. The Morgan fingerprint density at radius 2 is 1.60 bits per heavy atom. The lowest BCUT2D eigenvalue weighted by Crippen LogP contribution is -2.29. The number of pyridine rings is 1. The molecule has 3 aromatic rings. The van der Waals surface area contributed by atoms with Gasteiger partial charge in [-0.25, -0.2) is 0 Å². The molecule has 0 aliphatic heterocycles. The molecule has 1 aromatic heterocycles. The Hall–Kier alpha value is -4.20. The van der Waals surface area contributed by atoms with Gasteiger partial charge in [0.1, 0.15) is 17.2 Å². The molecule has 0 saturated heterocycles. The summed E-state index contributed by atoms with van der Waals surface area (Å²) in [6, 6.07) is 16.8. The van der Waals surface area contributed by atoms with Crippen LogP contribution in [-0.4, -0.2) is 29.8 Å². The van der Waals surface area contributed by atoms with Crippen LogP contribution in [0.2, 0.25) is 0 Å². The molecule has 0 saturated carbocycles. The molecule has 0 spiro atoms. The topological polar surface area (TPSA) is 109 Å². The number of para-hydroxylation sites is 1. The summed E-state index contributed by atoms with van der Waals surface area (Å²) in [6.45, 7) is 1.84. The lowest BCUT2D eigenvalue weighted by Gasteiger charge is -2.10. The van der Waals surface area contributed by atoms with Gasteiger partial charge >= 0.3 is 11.8 Å². The van der Waals surface area contributed by atoms with E-state index in [-0.39, 0.29) is 11.6 Å². The van der Waals surface area contributed by atoms with Crippen molar-refractivity contribution in [1.82, 2.24) is 10.3 Å². The summed E-state index contributed by atoms with van der Waals surface area (Å²) < 4.78 is 5.74. The average molecular weight is 404 g/mol. The lowest BCUT2D eigenvalue weighted by atomic mass is 10.2. The van der Waals surface area contributed by atoms with Crippen molar-refractivity contribution in [2.45, 2.75) is 6.92 Å². The number of carbonyl (C=O) groups excluding carboxylic acids is 3. The molecule has 0 aliphatic carbocycles. The Morgan fingerprint density at radius 1 is 0.867 bits per heavy atom. The molecule has 0 aliphatic rings. The van der Waals surface area contributed by atoms with E-state index in [0.717, 1.165) is 5.56 Å². The van der Waals surface area contributed by atoms with E-state index in [2.05, 4.69) is 20.9 Å². The third kappa shape index (κ3) is 5.20. The van der Waals surface area contributed by atoms with Crippen molar-refractivity contribution in [2.75, 3.05) is 17.7 Å². The van der Waals surface area contributed by atoms with Crippen LogP contribution in [0.1, 0.15) is 16.1 Å². The number of rotatable bonds is 5. The molecular weight excluding hydrogens is 384 g/mol. The first-order chi connectivity index (χ1) is 14.5. The second-order valence-corrected chi connectivity index (χ2v) is 6.31. The number of nitrogens with one attached hydrogen (secondary N) is 3. The quantitative estimate of drug-likeness (QED) is 0.566. The highest BCUT2D eigenvalue weighted by molar-refractivity contribution is 6.43. The van der Waals surface area contributed by atoms with Gasteiger partial charge in [-0.05, 0) is 36.8 Å². The first-order valence-electron chi connectivity index (χ1n) is 9.10. The minimum absolute atomic E-state index is 0.215. The van der Waals surface area contributed by atoms with E-state index in [0.29, 0.717) is 22.9 Å². The fourth-order valence-corrected chi connectivity index (χ4v) is 2.58. The Labute approximate surface area is 173 Å². The molecule has 152 valence electrons. The summed E-state index contributed by atoms with van der Waals surface area (Å²) >= 11 is 0. The molecule has 8 nitrogen and oxygen atoms in total. The van der Waals surface area contributed by atoms with Crippen LogP contribution < -0.4 is 20.7 Å². The maximum Gasteiger partial charge on any atom is 0.314 e. The molecular formula is C22H20N4O4. The Kier molecular flexibility index (Phi) is 6.39. The maximum atomic E-state index is 12.2. The number of hydrogen-bond acceptors (Lipinski definition) is 5. The highest BCUT2D eigenvalue weighted by Gasteiger charge is 2.15. The number of amides is 3. The van der Waals surface area contributed by atoms with Gasteiger partial charge < -0.3 is 20.7 Å². The predicted molar refractivity (Wildman–Crippen MR) is 113 cm³/mol. The zero-order chi connectivity index (χ0) is 21.5. The third-order valence-electron chi connectivity index (χ3n) is 4.12. The summed E-state index contributed by atoms with van der Waals surface area (Å²) in [5.41, 5.74) is 2.02. The summed E-state index contributed by atoms with van der Waals surface area (Å²) in [4.78, 5) is 40.1. The fourth-order valence-electron chi connectivity index (χ4n) is 2.58. The molecule has 3 N–H and O–H groups in total. The van der Waals surface area contributed by atoms with Gasteiger partial charge in [0.15, 0.2) is 0 Å². The molecule has 2 aromatic carbocycles. The standard InChI is InChI=1S/C22H20N4O4/c1-14-6-3-4-9-18(14)26-22(29)21(28)25-15-7-5-8-16(12-15)30-17-10-11-24-19(13-17)20(27)23-2/h3-13H,1-2H3,(H,23,27)(H,25,28)(H,26,29). The number of carbonyl (C=O) groups is 3. The van der Waals surface area contributed by atoms with E-state index in [1.165, 1.54) is 19.3 Å². The molecule has 0 atom stereocenters. The van der Waals surface area contributed by atoms with E-state index in [9.17, 15) is 14.4 Å². The Morgan fingerprint density at radius 3 is 2.37 bits per heavy atom. The molecule has 3 amide bonds. The molecule has 0 bridgehead atoms. The van der Waals surface area contributed by atoms with E-state index in [1.807, 2.05) is 19.1 Å². The van der Waals surface area contributed by atoms with Crippen LogP contribution in [0.4, 0.5) is 11.4 Å². The smallest absolute Gasteiger partial charge is 0.314 e. The SMILES string of the molecule is CNC(=O)c1cc(Oc2cccc(NC(=O)C(=O)Nc3ccccc3C)c2)ccn1. The number of nitrogens with zero attached hydrogens (tertiary/aromatic N) is 1. The van der Waals surface area contributed by atoms with Crippen molar-refractivity contribution in [1.29, 1.82) is 0 Å². The highest BCUT2D eigenvalue weighted by Crippen LogP contribution is 2.24. The zero-order valence-corrected chi connectivity index (χ0v) is 16.4. The maximum absolute atomic E-state index is 12.2. The number of aryl methyl sites for hydroxylation is 1. The van der Waals surface area contributed by atoms with Crippen LogP contribution in [0.5, 0.6) is 11.5 Å². The molecule has 0 radical (unpaired) electrons. The largest absolute Gasteiger partial charge is 0.457 e. The Bertz CT molecular complexity index is 1100. The minimum Gasteiger partial charge on any atom is -0.457 e. The number of aromatic nitrogens is 1. The number of hydrogen-bond donors (Lipinski definition) is 3. The van der Waals surface area contributed by atoms with Crippen LogP contribution in [0, 0.1) is 6.92 Å². The summed E-state index contributed by atoms with van der Waals surface area (Å²) in [7, 11) is 1.51. The van der Waals surface area contributed by atoms with Crippen molar-refractivity contribution in [3.05, 3.63) is 78.1 Å². The van der Waals surface area contributed by atoms with Gasteiger partial charge in [-0.3, -0.25) is 19.4 Å². The normalized spacial score (nSPS) is 10.1. The summed E-state index contributed by atoms with van der Waals surface area (Å²) in [5, 5.41) is 7.61. The molecule has 3 rings (SSSR count). The van der Waals surface area contributed by atoms with Gasteiger partial charge in [-0.15, -0.1) is 0 Å². The third-order valence-corrected chi connectivity index (χ3v) is 4.12. The predicted octanol–water partition coefficient (Wildman–Crippen LogP) is 3.12. The van der Waals surface area contributed by atoms with Gasteiger partial charge in [0, 0.05) is 36.8 Å². The molecule has 0 fully saturated rings. The van der Waals surface area contributed by atoms with Crippen molar-refractivity contribution in [2.24, 2.45) is 0 Å². The first-order valence-corrected chi connectivity index (χ1v) is 9.10. The van der Waals surface area contributed by atoms with Crippen LogP contribution in [0.25, 0.3) is 0 Å². The van der Waals surface area contributed by atoms with Gasteiger partial charge in [0.25, 0.3) is 5.91 Å². The summed E-state index contributed by atoms with van der Waals surface area (Å²) in [5.74, 6) is -1.09. The highest BCUT2D eigenvalue weighted by atomic mass is 16.5. The van der Waals surface area contributed by atoms with Crippen molar-refractivity contribution in [3.63, 3.8) is 0 Å². The number of ether oxygens (including phenoxy) is 1. The lowest BCUT2D eigenvalue weighted by molar-refractivity contribution is -0.133. The molecule has 8 heteroatoms. The van der Waals surface area contributed by atoms with Crippen LogP contribution in [0.15, 0.2) is 66.9 Å². The van der Waals surface area contributed by atoms with Crippen LogP contribution in [0.3, 0.4) is 0 Å². The van der Waals surface area contributed by atoms with Crippen molar-refractivity contribution in [3.8, 4) is 11.5 Å². The van der Waals surface area contributed by atoms with Crippen LogP contribution in [-0.2, 0) is 9.59 Å². The fraction of sp³-hybridized carbons (Fsp3) is 0.0909. The van der Waals surface area contributed by atoms with E-state index in [1.54, 1.807) is 42.5 Å². The van der Waals surface area contributed by atoms with E-state index in [4.69, 9.17) is 4.74 Å².